The van der Waals surface area contributed by atoms with Crippen molar-refractivity contribution in [1.29, 1.82) is 0 Å². The van der Waals surface area contributed by atoms with Crippen molar-refractivity contribution in [3.63, 3.8) is 0 Å². The molecular weight excluding hydrogens is 274 g/mol. The van der Waals surface area contributed by atoms with Crippen molar-refractivity contribution < 1.29 is 4.74 Å². The molecule has 0 saturated heterocycles. The lowest BCUT2D eigenvalue weighted by Gasteiger charge is -2.23. The highest BCUT2D eigenvalue weighted by molar-refractivity contribution is 6.31. The molecule has 0 fully saturated rings. The number of anilines is 2. The van der Waals surface area contributed by atoms with Gasteiger partial charge in [-0.05, 0) is 30.2 Å². The number of hydrogen-bond donors (Lipinski definition) is 1. The van der Waals surface area contributed by atoms with Gasteiger partial charge in [0.25, 0.3) is 0 Å². The largest absolute Gasteiger partial charge is 0.491 e. The molecule has 0 atom stereocenters. The van der Waals surface area contributed by atoms with Crippen LogP contribution in [0.1, 0.15) is 12.0 Å². The van der Waals surface area contributed by atoms with Gasteiger partial charge in [0.15, 0.2) is 0 Å². The molecule has 4 nitrogen and oxygen atoms in total. The number of hydrogen-bond acceptors (Lipinski definition) is 4. The van der Waals surface area contributed by atoms with Crippen molar-refractivity contribution in [1.82, 2.24) is 4.98 Å². The Morgan fingerprint density at radius 2 is 2.20 bits per heavy atom. The van der Waals surface area contributed by atoms with Gasteiger partial charge in [0.2, 0.25) is 0 Å². The molecule has 0 spiro atoms. The molecule has 2 heterocycles. The van der Waals surface area contributed by atoms with Gasteiger partial charge in [-0.1, -0.05) is 23.7 Å². The topological polar surface area (TPSA) is 51.4 Å². The maximum atomic E-state index is 6.08. The molecule has 2 aromatic rings. The number of benzene rings is 1. The fraction of sp³-hybridized carbons (Fsp3) is 0.267. The van der Waals surface area contributed by atoms with Gasteiger partial charge < -0.3 is 15.4 Å². The number of para-hydroxylation sites is 2. The van der Waals surface area contributed by atoms with Crippen LogP contribution in [0.5, 0.6) is 5.75 Å². The predicted molar refractivity (Wildman–Crippen MR) is 80.7 cm³/mol. The van der Waals surface area contributed by atoms with E-state index in [0.29, 0.717) is 18.2 Å². The van der Waals surface area contributed by atoms with E-state index in [0.717, 1.165) is 35.8 Å². The molecule has 0 radical (unpaired) electrons. The van der Waals surface area contributed by atoms with E-state index in [-0.39, 0.29) is 0 Å². The summed E-state index contributed by atoms with van der Waals surface area (Å²) in [7, 11) is 0. The van der Waals surface area contributed by atoms with Crippen LogP contribution in [0.25, 0.3) is 0 Å². The minimum Gasteiger partial charge on any atom is -0.491 e. The van der Waals surface area contributed by atoms with E-state index in [4.69, 9.17) is 22.1 Å². The van der Waals surface area contributed by atoms with Crippen molar-refractivity contribution in [2.45, 2.75) is 13.0 Å². The molecule has 3 rings (SSSR count). The van der Waals surface area contributed by atoms with Gasteiger partial charge in [-0.25, -0.2) is 4.98 Å². The average Bonchev–Trinajstić information content (AvgIpc) is 2.70. The summed E-state index contributed by atoms with van der Waals surface area (Å²) in [5, 5.41) is 0.607. The first-order valence-electron chi connectivity index (χ1n) is 6.63. The first-order chi connectivity index (χ1) is 9.79. The van der Waals surface area contributed by atoms with E-state index >= 15 is 0 Å². The first kappa shape index (κ1) is 13.2. The molecule has 104 valence electrons. The second-order valence-corrected chi connectivity index (χ2v) is 5.07. The van der Waals surface area contributed by atoms with Gasteiger partial charge in [0, 0.05) is 19.3 Å². The quantitative estimate of drug-likeness (QED) is 0.923. The summed E-state index contributed by atoms with van der Waals surface area (Å²) in [6.45, 7) is 1.97. The summed E-state index contributed by atoms with van der Waals surface area (Å²) >= 11 is 6.08. The van der Waals surface area contributed by atoms with Gasteiger partial charge in [-0.2, -0.15) is 0 Å². The Morgan fingerprint density at radius 1 is 1.35 bits per heavy atom. The molecule has 5 heteroatoms. The van der Waals surface area contributed by atoms with Crippen LogP contribution in [0.4, 0.5) is 11.5 Å². The third kappa shape index (κ3) is 2.44. The second-order valence-electron chi connectivity index (χ2n) is 4.66. The molecule has 0 amide bonds. The number of pyridine rings is 1. The van der Waals surface area contributed by atoms with Gasteiger partial charge >= 0.3 is 0 Å². The molecule has 0 saturated carbocycles. The second kappa shape index (κ2) is 5.69. The fourth-order valence-corrected chi connectivity index (χ4v) is 2.52. The first-order valence-corrected chi connectivity index (χ1v) is 7.01. The predicted octanol–water partition coefficient (Wildman–Crippen LogP) is 3.11. The number of halogens is 1. The van der Waals surface area contributed by atoms with E-state index in [1.807, 2.05) is 30.3 Å². The van der Waals surface area contributed by atoms with Crippen molar-refractivity contribution in [2.24, 2.45) is 5.73 Å². The van der Waals surface area contributed by atoms with Crippen molar-refractivity contribution >= 4 is 23.1 Å². The van der Waals surface area contributed by atoms with Crippen LogP contribution in [0.15, 0.2) is 36.5 Å². The third-order valence-corrected chi connectivity index (χ3v) is 3.70. The summed E-state index contributed by atoms with van der Waals surface area (Å²) < 4.78 is 5.76. The molecule has 20 heavy (non-hydrogen) atoms. The Morgan fingerprint density at radius 3 is 3.05 bits per heavy atom. The Balaban J connectivity index is 2.05. The lowest BCUT2D eigenvalue weighted by Crippen LogP contribution is -2.19. The number of nitrogens with zero attached hydrogens (tertiary/aromatic N) is 2. The Labute approximate surface area is 123 Å². The Kier molecular flexibility index (Phi) is 3.76. The zero-order valence-corrected chi connectivity index (χ0v) is 11.8. The van der Waals surface area contributed by atoms with E-state index in [1.54, 1.807) is 6.20 Å². The normalized spacial score (nSPS) is 14.4. The van der Waals surface area contributed by atoms with E-state index in [1.165, 1.54) is 0 Å². The molecule has 1 aromatic heterocycles. The van der Waals surface area contributed by atoms with Crippen molar-refractivity contribution in [2.75, 3.05) is 18.1 Å². The van der Waals surface area contributed by atoms with E-state index in [9.17, 15) is 0 Å². The summed E-state index contributed by atoms with van der Waals surface area (Å²) in [6.07, 6.45) is 2.60. The average molecular weight is 290 g/mol. The van der Waals surface area contributed by atoms with Gasteiger partial charge in [-0.15, -0.1) is 0 Å². The zero-order chi connectivity index (χ0) is 13.9. The molecule has 1 aliphatic rings. The molecule has 0 aliphatic carbocycles. The monoisotopic (exact) mass is 289 g/mol. The minimum atomic E-state index is 0.403. The van der Waals surface area contributed by atoms with Crippen LogP contribution in [0.3, 0.4) is 0 Å². The maximum absolute atomic E-state index is 6.08. The fourth-order valence-electron chi connectivity index (χ4n) is 2.34. The van der Waals surface area contributed by atoms with Crippen LogP contribution in [-0.2, 0) is 6.54 Å². The SMILES string of the molecule is NCc1cc(N2CCCOc3ccccc32)ncc1Cl. The molecule has 1 aromatic carbocycles. The van der Waals surface area contributed by atoms with Crippen LogP contribution in [0, 0.1) is 0 Å². The van der Waals surface area contributed by atoms with Crippen molar-refractivity contribution in [3.8, 4) is 5.75 Å². The smallest absolute Gasteiger partial charge is 0.142 e. The van der Waals surface area contributed by atoms with E-state index < -0.39 is 0 Å². The standard InChI is InChI=1S/C15H16ClN3O/c16-12-10-18-15(8-11(12)9-17)19-6-3-7-20-14-5-2-1-4-13(14)19/h1-2,4-5,8,10H,3,6-7,9,17H2. The van der Waals surface area contributed by atoms with Crippen LogP contribution in [0.2, 0.25) is 5.02 Å². The number of ether oxygens (including phenoxy) is 1. The molecule has 2 N–H and O–H groups in total. The maximum Gasteiger partial charge on any atom is 0.142 e. The number of rotatable bonds is 2. The van der Waals surface area contributed by atoms with Gasteiger partial charge in [-0.3, -0.25) is 0 Å². The summed E-state index contributed by atoms with van der Waals surface area (Å²) in [5.74, 6) is 1.74. The number of fused-ring (bicyclic) bond motifs is 1. The summed E-state index contributed by atoms with van der Waals surface area (Å²) in [4.78, 5) is 6.58. The lowest BCUT2D eigenvalue weighted by atomic mass is 10.2. The molecule has 0 unspecified atom stereocenters. The highest BCUT2D eigenvalue weighted by atomic mass is 35.5. The van der Waals surface area contributed by atoms with Gasteiger partial charge in [0.05, 0.1) is 17.3 Å². The van der Waals surface area contributed by atoms with Crippen molar-refractivity contribution in [3.05, 3.63) is 47.1 Å². The lowest BCUT2D eigenvalue weighted by molar-refractivity contribution is 0.322. The highest BCUT2D eigenvalue weighted by Gasteiger charge is 2.19. The third-order valence-electron chi connectivity index (χ3n) is 3.36. The Bertz CT molecular complexity index is 618. The molecular formula is C15H16ClN3O. The molecule has 1 aliphatic heterocycles. The van der Waals surface area contributed by atoms with Crippen LogP contribution in [-0.4, -0.2) is 18.1 Å². The highest BCUT2D eigenvalue weighted by Crippen LogP contribution is 2.35. The summed E-state index contributed by atoms with van der Waals surface area (Å²) in [6, 6.07) is 9.94. The van der Waals surface area contributed by atoms with Gasteiger partial charge in [0.1, 0.15) is 11.6 Å². The van der Waals surface area contributed by atoms with Crippen LogP contribution < -0.4 is 15.4 Å². The van der Waals surface area contributed by atoms with E-state index in [2.05, 4.69) is 9.88 Å². The zero-order valence-electron chi connectivity index (χ0n) is 11.1. The van der Waals surface area contributed by atoms with Crippen LogP contribution >= 0.6 is 11.6 Å². The number of nitrogens with two attached hydrogens (primary N) is 1. The Hall–Kier alpha value is -1.78. The minimum absolute atomic E-state index is 0.403. The number of aromatic nitrogens is 1. The molecule has 0 bridgehead atoms. The summed E-state index contributed by atoms with van der Waals surface area (Å²) in [5.41, 5.74) is 7.65.